The molecule has 2 rings (SSSR count). The smallest absolute Gasteiger partial charge is 0.222 e. The molecule has 1 heterocycles. The molecule has 18 heavy (non-hydrogen) atoms. The third kappa shape index (κ3) is 2.79. The second-order valence-electron chi connectivity index (χ2n) is 3.73. The van der Waals surface area contributed by atoms with Crippen LogP contribution in [0.5, 0.6) is 5.75 Å². The van der Waals surface area contributed by atoms with Crippen molar-refractivity contribution in [2.24, 2.45) is 0 Å². The Morgan fingerprint density at radius 2 is 1.94 bits per heavy atom. The van der Waals surface area contributed by atoms with Crippen LogP contribution in [0.2, 0.25) is 0 Å². The maximum Gasteiger partial charge on any atom is 0.222 e. The normalized spacial score (nSPS) is 10.1. The molecule has 0 atom stereocenters. The Balaban J connectivity index is 2.04. The van der Waals surface area contributed by atoms with Crippen molar-refractivity contribution >= 4 is 17.5 Å². The van der Waals surface area contributed by atoms with Crippen LogP contribution < -0.4 is 21.5 Å². The topological polar surface area (TPSA) is 99.1 Å². The first-order valence-corrected chi connectivity index (χ1v) is 5.44. The van der Waals surface area contributed by atoms with E-state index in [9.17, 15) is 0 Å². The van der Waals surface area contributed by atoms with E-state index in [0.29, 0.717) is 18.1 Å². The molecule has 1 aromatic carbocycles. The van der Waals surface area contributed by atoms with Gasteiger partial charge in [-0.15, -0.1) is 0 Å². The highest BCUT2D eigenvalue weighted by Crippen LogP contribution is 2.16. The van der Waals surface area contributed by atoms with Gasteiger partial charge in [-0.1, -0.05) is 12.1 Å². The molecular formula is C12H15N5O. The zero-order valence-electron chi connectivity index (χ0n) is 10.1. The van der Waals surface area contributed by atoms with Crippen LogP contribution in [0.25, 0.3) is 0 Å². The van der Waals surface area contributed by atoms with Crippen molar-refractivity contribution in [1.82, 2.24) is 9.97 Å². The predicted molar refractivity (Wildman–Crippen MR) is 71.2 cm³/mol. The molecular weight excluding hydrogens is 230 g/mol. The number of methoxy groups -OCH3 is 1. The van der Waals surface area contributed by atoms with E-state index in [1.807, 2.05) is 24.3 Å². The van der Waals surface area contributed by atoms with Crippen LogP contribution in [0.15, 0.2) is 30.5 Å². The number of nitrogens with zero attached hydrogens (tertiary/aromatic N) is 2. The third-order valence-electron chi connectivity index (χ3n) is 2.45. The zero-order valence-corrected chi connectivity index (χ0v) is 10.1. The van der Waals surface area contributed by atoms with Crippen molar-refractivity contribution in [1.29, 1.82) is 0 Å². The second-order valence-corrected chi connectivity index (χ2v) is 3.73. The van der Waals surface area contributed by atoms with E-state index >= 15 is 0 Å². The van der Waals surface area contributed by atoms with Gasteiger partial charge in [0.2, 0.25) is 5.95 Å². The summed E-state index contributed by atoms with van der Waals surface area (Å²) < 4.78 is 5.09. The van der Waals surface area contributed by atoms with Gasteiger partial charge in [0, 0.05) is 6.54 Å². The number of hydrogen-bond donors (Lipinski definition) is 3. The lowest BCUT2D eigenvalue weighted by molar-refractivity contribution is 0.414. The Morgan fingerprint density at radius 3 is 2.61 bits per heavy atom. The van der Waals surface area contributed by atoms with Crippen molar-refractivity contribution in [2.75, 3.05) is 23.9 Å². The summed E-state index contributed by atoms with van der Waals surface area (Å²) in [5.74, 6) is 1.56. The molecule has 94 valence electrons. The lowest BCUT2D eigenvalue weighted by atomic mass is 10.2. The number of nitrogens with two attached hydrogens (primary N) is 2. The van der Waals surface area contributed by atoms with Crippen LogP contribution in [-0.2, 0) is 6.54 Å². The van der Waals surface area contributed by atoms with Gasteiger partial charge in [-0.3, -0.25) is 0 Å². The SMILES string of the molecule is COc1ccc(CNc2nc(N)ncc2N)cc1. The van der Waals surface area contributed by atoms with Gasteiger partial charge >= 0.3 is 0 Å². The zero-order chi connectivity index (χ0) is 13.0. The van der Waals surface area contributed by atoms with E-state index in [2.05, 4.69) is 15.3 Å². The molecule has 0 aliphatic heterocycles. The number of aromatic nitrogens is 2. The van der Waals surface area contributed by atoms with Gasteiger partial charge in [0.15, 0.2) is 5.82 Å². The molecule has 6 nitrogen and oxygen atoms in total. The van der Waals surface area contributed by atoms with Gasteiger partial charge in [-0.2, -0.15) is 4.98 Å². The lowest BCUT2D eigenvalue weighted by Crippen LogP contribution is -2.07. The van der Waals surface area contributed by atoms with Gasteiger partial charge in [0.05, 0.1) is 19.0 Å². The average molecular weight is 245 g/mol. The fourth-order valence-electron chi connectivity index (χ4n) is 1.48. The Labute approximate surface area is 105 Å². The number of nitrogen functional groups attached to an aromatic ring is 2. The summed E-state index contributed by atoms with van der Waals surface area (Å²) in [5.41, 5.74) is 12.8. The molecule has 5 N–H and O–H groups in total. The van der Waals surface area contributed by atoms with Crippen LogP contribution in [0, 0.1) is 0 Å². The van der Waals surface area contributed by atoms with E-state index in [-0.39, 0.29) is 5.95 Å². The van der Waals surface area contributed by atoms with Gasteiger partial charge < -0.3 is 21.5 Å². The number of hydrogen-bond acceptors (Lipinski definition) is 6. The molecule has 0 radical (unpaired) electrons. The van der Waals surface area contributed by atoms with Gasteiger partial charge in [0.25, 0.3) is 0 Å². The quantitative estimate of drug-likeness (QED) is 0.750. The summed E-state index contributed by atoms with van der Waals surface area (Å²) in [7, 11) is 1.64. The summed E-state index contributed by atoms with van der Waals surface area (Å²) in [6.07, 6.45) is 1.48. The maximum absolute atomic E-state index is 5.74. The number of nitrogens with one attached hydrogen (secondary N) is 1. The summed E-state index contributed by atoms with van der Waals surface area (Å²) in [6, 6.07) is 7.72. The highest BCUT2D eigenvalue weighted by molar-refractivity contribution is 5.61. The Bertz CT molecular complexity index is 526. The lowest BCUT2D eigenvalue weighted by Gasteiger charge is -2.08. The number of anilines is 3. The standard InChI is InChI=1S/C12H15N5O/c1-18-9-4-2-8(3-5-9)6-15-11-10(13)7-16-12(14)17-11/h2-5,7H,6,13H2,1H3,(H3,14,15,16,17). The Morgan fingerprint density at radius 1 is 1.22 bits per heavy atom. The molecule has 1 aromatic heterocycles. The van der Waals surface area contributed by atoms with E-state index in [0.717, 1.165) is 11.3 Å². The van der Waals surface area contributed by atoms with Gasteiger partial charge in [0.1, 0.15) is 5.75 Å². The largest absolute Gasteiger partial charge is 0.497 e. The van der Waals surface area contributed by atoms with Crippen LogP contribution >= 0.6 is 0 Å². The van der Waals surface area contributed by atoms with E-state index < -0.39 is 0 Å². The highest BCUT2D eigenvalue weighted by atomic mass is 16.5. The van der Waals surface area contributed by atoms with E-state index in [1.165, 1.54) is 6.20 Å². The summed E-state index contributed by atoms with van der Waals surface area (Å²) in [6.45, 7) is 0.602. The van der Waals surface area contributed by atoms with Crippen molar-refractivity contribution < 1.29 is 4.74 Å². The molecule has 0 bridgehead atoms. The molecule has 0 aliphatic carbocycles. The Kier molecular flexibility index (Phi) is 3.47. The molecule has 0 fully saturated rings. The minimum atomic E-state index is 0.196. The van der Waals surface area contributed by atoms with E-state index in [4.69, 9.17) is 16.2 Å². The predicted octanol–water partition coefficient (Wildman–Crippen LogP) is 1.26. The number of rotatable bonds is 4. The van der Waals surface area contributed by atoms with Crippen LogP contribution in [0.1, 0.15) is 5.56 Å². The van der Waals surface area contributed by atoms with Crippen molar-refractivity contribution in [3.8, 4) is 5.75 Å². The first-order chi connectivity index (χ1) is 8.69. The molecule has 6 heteroatoms. The first kappa shape index (κ1) is 12.0. The minimum Gasteiger partial charge on any atom is -0.497 e. The second kappa shape index (κ2) is 5.22. The first-order valence-electron chi connectivity index (χ1n) is 5.44. The molecule has 0 saturated heterocycles. The monoisotopic (exact) mass is 245 g/mol. The molecule has 0 saturated carbocycles. The summed E-state index contributed by atoms with van der Waals surface area (Å²) in [4.78, 5) is 7.83. The van der Waals surface area contributed by atoms with Crippen molar-refractivity contribution in [3.05, 3.63) is 36.0 Å². The fraction of sp³-hybridized carbons (Fsp3) is 0.167. The number of ether oxygens (including phenoxy) is 1. The van der Waals surface area contributed by atoms with Crippen LogP contribution in [-0.4, -0.2) is 17.1 Å². The fourth-order valence-corrected chi connectivity index (χ4v) is 1.48. The summed E-state index contributed by atoms with van der Waals surface area (Å²) in [5, 5.41) is 3.11. The van der Waals surface area contributed by atoms with E-state index in [1.54, 1.807) is 7.11 Å². The molecule has 0 amide bonds. The minimum absolute atomic E-state index is 0.196. The Hall–Kier alpha value is -2.50. The van der Waals surface area contributed by atoms with Gasteiger partial charge in [-0.25, -0.2) is 4.98 Å². The third-order valence-corrected chi connectivity index (χ3v) is 2.45. The van der Waals surface area contributed by atoms with Crippen molar-refractivity contribution in [3.63, 3.8) is 0 Å². The maximum atomic E-state index is 5.74. The highest BCUT2D eigenvalue weighted by Gasteiger charge is 2.02. The van der Waals surface area contributed by atoms with Crippen molar-refractivity contribution in [2.45, 2.75) is 6.54 Å². The molecule has 0 unspecified atom stereocenters. The molecule has 0 aliphatic rings. The van der Waals surface area contributed by atoms with Crippen LogP contribution in [0.3, 0.4) is 0 Å². The van der Waals surface area contributed by atoms with Gasteiger partial charge in [-0.05, 0) is 17.7 Å². The summed E-state index contributed by atoms with van der Waals surface area (Å²) >= 11 is 0. The molecule has 2 aromatic rings. The van der Waals surface area contributed by atoms with Crippen LogP contribution in [0.4, 0.5) is 17.5 Å². The number of benzene rings is 1. The average Bonchev–Trinajstić information content (AvgIpc) is 2.40. The molecule has 0 spiro atoms.